The van der Waals surface area contributed by atoms with E-state index < -0.39 is 0 Å². The molecule has 0 unspecified atom stereocenters. The van der Waals surface area contributed by atoms with Crippen molar-refractivity contribution < 1.29 is 39.0 Å². The van der Waals surface area contributed by atoms with Crippen molar-refractivity contribution in [3.8, 4) is 0 Å². The van der Waals surface area contributed by atoms with Crippen LogP contribution >= 0.6 is 0 Å². The minimum absolute atomic E-state index is 0. The molecule has 0 aromatic heterocycles. The van der Waals surface area contributed by atoms with Crippen LogP contribution in [0.25, 0.3) is 0 Å². The van der Waals surface area contributed by atoms with Crippen LogP contribution in [0.3, 0.4) is 0 Å². The molecule has 0 radical (unpaired) electrons. The quantitative estimate of drug-likeness (QED) is 0.437. The number of hydrogen-bond acceptors (Lipinski definition) is 0. The molecule has 0 heterocycles. The van der Waals surface area contributed by atoms with E-state index in [9.17, 15) is 0 Å². The summed E-state index contributed by atoms with van der Waals surface area (Å²) in [5.74, 6) is 0. The molecule has 0 atom stereocenters. The molecule has 0 aliphatic carbocycles. The maximum atomic E-state index is 0. The molecule has 0 aliphatic rings. The Kier molecular flexibility index (Phi) is 1110. The van der Waals surface area contributed by atoms with E-state index >= 15 is 0 Å². The standard InChI is InChI=1S/Ba.Fe.2H2O.2O/h;;2*1H2;;/q2*+2;;;2*-2. The van der Waals surface area contributed by atoms with Crippen molar-refractivity contribution in [2.45, 2.75) is 0 Å². The fraction of sp³-hybridized carbons (Fsp3) is 0. The van der Waals surface area contributed by atoms with Crippen molar-refractivity contribution in [1.82, 2.24) is 0 Å². The minimum Gasteiger partial charge on any atom is -2.00 e. The molecule has 0 fully saturated rings. The van der Waals surface area contributed by atoms with Crippen molar-refractivity contribution >= 4 is 48.9 Å². The van der Waals surface area contributed by atoms with E-state index in [0.717, 1.165) is 0 Å². The molecule has 38 valence electrons. The van der Waals surface area contributed by atoms with Crippen LogP contribution in [0, 0.1) is 0 Å². The van der Waals surface area contributed by atoms with Gasteiger partial charge < -0.3 is 21.9 Å². The van der Waals surface area contributed by atoms with Crippen LogP contribution in [-0.2, 0) is 28.0 Å². The maximum Gasteiger partial charge on any atom is 2.00 e. The molecule has 0 spiro atoms. The van der Waals surface area contributed by atoms with E-state index in [0.29, 0.717) is 0 Å². The summed E-state index contributed by atoms with van der Waals surface area (Å²) in [5.41, 5.74) is 0. The second-order valence-corrected chi connectivity index (χ2v) is 0. The van der Waals surface area contributed by atoms with Gasteiger partial charge in [0.1, 0.15) is 0 Å². The molecule has 4 N–H and O–H groups in total. The predicted octanol–water partition coefficient (Wildman–Crippen LogP) is -2.27. The van der Waals surface area contributed by atoms with Crippen molar-refractivity contribution in [2.24, 2.45) is 0 Å². The third-order valence-electron chi connectivity index (χ3n) is 0. The number of rotatable bonds is 0. The Labute approximate surface area is 86.5 Å². The van der Waals surface area contributed by atoms with E-state index in [4.69, 9.17) is 0 Å². The molecule has 0 bridgehead atoms. The molecule has 6 heteroatoms. The van der Waals surface area contributed by atoms with Crippen LogP contribution in [0.15, 0.2) is 0 Å². The Balaban J connectivity index is 0. The van der Waals surface area contributed by atoms with Gasteiger partial charge in [-0.25, -0.2) is 0 Å². The van der Waals surface area contributed by atoms with Gasteiger partial charge in [-0.3, -0.25) is 0 Å². The molecule has 6 heavy (non-hydrogen) atoms. The van der Waals surface area contributed by atoms with Gasteiger partial charge in [0.15, 0.2) is 0 Å². The van der Waals surface area contributed by atoms with E-state index in [2.05, 4.69) is 0 Å². The largest absolute Gasteiger partial charge is 2.00 e. The zero-order valence-corrected chi connectivity index (χ0v) is 8.42. The van der Waals surface area contributed by atoms with Crippen LogP contribution in [0.2, 0.25) is 0 Å². The fourth-order valence-corrected chi connectivity index (χ4v) is 0. The van der Waals surface area contributed by atoms with Gasteiger partial charge in [-0.2, -0.15) is 0 Å². The topological polar surface area (TPSA) is 120 Å². The average Bonchev–Trinajstić information content (AvgIpc) is 0. The molecule has 0 aromatic carbocycles. The molecule has 4 nitrogen and oxygen atoms in total. The van der Waals surface area contributed by atoms with Gasteiger partial charge in [0.25, 0.3) is 0 Å². The fourth-order valence-electron chi connectivity index (χ4n) is 0. The summed E-state index contributed by atoms with van der Waals surface area (Å²) in [4.78, 5) is 0. The smallest absolute Gasteiger partial charge is 2.00 e. The Hall–Kier alpha value is 1.93. The monoisotopic (exact) mass is 262 g/mol. The summed E-state index contributed by atoms with van der Waals surface area (Å²) in [5, 5.41) is 0. The molecule has 0 aliphatic heterocycles. The Bertz CT molecular complexity index is 7.51. The third kappa shape index (κ3) is 38.7. The van der Waals surface area contributed by atoms with E-state index in [1.54, 1.807) is 0 Å². The van der Waals surface area contributed by atoms with E-state index in [-0.39, 0.29) is 87.9 Å². The van der Waals surface area contributed by atoms with Gasteiger partial charge in [-0.15, -0.1) is 0 Å². The first-order valence-electron chi connectivity index (χ1n) is 0. The van der Waals surface area contributed by atoms with Gasteiger partial charge >= 0.3 is 65.9 Å². The van der Waals surface area contributed by atoms with Crippen LogP contribution < -0.4 is 0 Å². The SMILES string of the molecule is O.O.[Ba+2].[Fe+2].[O-2].[O-2]. The minimum atomic E-state index is 0. The summed E-state index contributed by atoms with van der Waals surface area (Å²) in [6.45, 7) is 0. The Morgan fingerprint density at radius 3 is 0.667 bits per heavy atom. The van der Waals surface area contributed by atoms with Crippen molar-refractivity contribution in [3.63, 3.8) is 0 Å². The summed E-state index contributed by atoms with van der Waals surface area (Å²) in [6, 6.07) is 0. The second-order valence-electron chi connectivity index (χ2n) is 0. The Morgan fingerprint density at radius 1 is 0.667 bits per heavy atom. The first-order valence-corrected chi connectivity index (χ1v) is 0. The van der Waals surface area contributed by atoms with Gasteiger partial charge in [0.05, 0.1) is 0 Å². The van der Waals surface area contributed by atoms with Gasteiger partial charge in [0.2, 0.25) is 0 Å². The number of hydrogen-bond donors (Lipinski definition) is 0. The molecular weight excluding hydrogens is 257 g/mol. The summed E-state index contributed by atoms with van der Waals surface area (Å²) in [6.07, 6.45) is 0. The van der Waals surface area contributed by atoms with Crippen molar-refractivity contribution in [3.05, 3.63) is 0 Å². The molecule has 0 saturated carbocycles. The van der Waals surface area contributed by atoms with Crippen molar-refractivity contribution in [2.75, 3.05) is 0 Å². The van der Waals surface area contributed by atoms with E-state index in [1.807, 2.05) is 0 Å². The molecular formula is H4BaFeO4. The second kappa shape index (κ2) is 65.4. The van der Waals surface area contributed by atoms with Gasteiger partial charge in [-0.1, -0.05) is 0 Å². The molecule has 0 saturated heterocycles. The van der Waals surface area contributed by atoms with Crippen LogP contribution in [0.1, 0.15) is 0 Å². The normalized spacial score (nSPS) is 0. The summed E-state index contributed by atoms with van der Waals surface area (Å²) in [7, 11) is 0. The van der Waals surface area contributed by atoms with E-state index in [1.165, 1.54) is 0 Å². The first kappa shape index (κ1) is 102. The van der Waals surface area contributed by atoms with Crippen LogP contribution in [0.5, 0.6) is 0 Å². The molecule has 0 rings (SSSR count). The van der Waals surface area contributed by atoms with Gasteiger partial charge in [-0.05, 0) is 0 Å². The zero-order chi connectivity index (χ0) is 0. The average molecular weight is 261 g/mol. The molecule has 0 aromatic rings. The van der Waals surface area contributed by atoms with Gasteiger partial charge in [0, 0.05) is 0 Å². The maximum absolute atomic E-state index is 0. The first-order chi connectivity index (χ1) is 0. The summed E-state index contributed by atoms with van der Waals surface area (Å²) >= 11 is 0. The molecule has 0 amide bonds. The predicted molar refractivity (Wildman–Crippen MR) is 14.4 cm³/mol. The van der Waals surface area contributed by atoms with Crippen LogP contribution in [0.4, 0.5) is 0 Å². The third-order valence-corrected chi connectivity index (χ3v) is 0. The Morgan fingerprint density at radius 2 is 0.667 bits per heavy atom. The van der Waals surface area contributed by atoms with Crippen molar-refractivity contribution in [1.29, 1.82) is 0 Å². The zero-order valence-electron chi connectivity index (χ0n) is 2.88. The van der Waals surface area contributed by atoms with Crippen LogP contribution in [-0.4, -0.2) is 59.8 Å². The summed E-state index contributed by atoms with van der Waals surface area (Å²) < 4.78 is 0.